The first kappa shape index (κ1) is 13.9. The molecule has 0 saturated heterocycles. The molecule has 94 valence electrons. The van der Waals surface area contributed by atoms with Crippen molar-refractivity contribution in [1.82, 2.24) is 4.98 Å². The summed E-state index contributed by atoms with van der Waals surface area (Å²) in [6.45, 7) is 9.38. The van der Waals surface area contributed by atoms with Crippen LogP contribution in [0.4, 0.5) is 0 Å². The van der Waals surface area contributed by atoms with Crippen LogP contribution in [0.5, 0.6) is 5.88 Å². The van der Waals surface area contributed by atoms with Gasteiger partial charge in [-0.2, -0.15) is 0 Å². The highest BCUT2D eigenvalue weighted by Gasteiger charge is 1.99. The minimum Gasteiger partial charge on any atom is -0.421 e. The van der Waals surface area contributed by atoms with Gasteiger partial charge in [-0.1, -0.05) is 24.8 Å². The van der Waals surface area contributed by atoms with Crippen molar-refractivity contribution < 1.29 is 4.74 Å². The van der Waals surface area contributed by atoms with Crippen LogP contribution in [0.2, 0.25) is 0 Å². The SMILES string of the molecule is C=C/N=C(\C=C/C)Oc1ccc(=C/C)/c(=C\C)n1. The van der Waals surface area contributed by atoms with Crippen molar-refractivity contribution in [2.45, 2.75) is 20.8 Å². The fourth-order valence-corrected chi connectivity index (χ4v) is 1.44. The van der Waals surface area contributed by atoms with Crippen LogP contribution >= 0.6 is 0 Å². The number of hydrogen-bond donors (Lipinski definition) is 0. The van der Waals surface area contributed by atoms with Gasteiger partial charge in [0, 0.05) is 12.3 Å². The summed E-state index contributed by atoms with van der Waals surface area (Å²) in [5.74, 6) is 0.989. The normalized spacial score (nSPS) is 14.3. The van der Waals surface area contributed by atoms with E-state index >= 15 is 0 Å². The highest BCUT2D eigenvalue weighted by molar-refractivity contribution is 5.89. The zero-order valence-electron chi connectivity index (χ0n) is 11.1. The van der Waals surface area contributed by atoms with Crippen LogP contribution in [0, 0.1) is 0 Å². The van der Waals surface area contributed by atoms with Gasteiger partial charge in [0.2, 0.25) is 11.8 Å². The molecule has 0 aliphatic carbocycles. The molecule has 0 spiro atoms. The highest BCUT2D eigenvalue weighted by atomic mass is 16.5. The first-order valence-corrected chi connectivity index (χ1v) is 5.84. The van der Waals surface area contributed by atoms with Gasteiger partial charge in [-0.15, -0.1) is 0 Å². The van der Waals surface area contributed by atoms with Crippen molar-refractivity contribution in [2.75, 3.05) is 0 Å². The Bertz CT molecular complexity index is 583. The Morgan fingerprint density at radius 3 is 2.61 bits per heavy atom. The van der Waals surface area contributed by atoms with Gasteiger partial charge < -0.3 is 4.74 Å². The molecule has 3 nitrogen and oxygen atoms in total. The second-order valence-corrected chi connectivity index (χ2v) is 3.45. The first-order chi connectivity index (χ1) is 8.74. The number of allylic oxidation sites excluding steroid dienone is 1. The lowest BCUT2D eigenvalue weighted by atomic mass is 10.3. The van der Waals surface area contributed by atoms with E-state index in [1.165, 1.54) is 6.20 Å². The summed E-state index contributed by atoms with van der Waals surface area (Å²) in [5.41, 5.74) is 0. The summed E-state index contributed by atoms with van der Waals surface area (Å²) in [5, 5.41) is 1.98. The third-order valence-corrected chi connectivity index (χ3v) is 2.25. The molecule has 1 aromatic heterocycles. The Kier molecular flexibility index (Phi) is 5.58. The molecule has 0 radical (unpaired) electrons. The quantitative estimate of drug-likeness (QED) is 0.601. The molecule has 0 aliphatic rings. The third-order valence-electron chi connectivity index (χ3n) is 2.25. The molecule has 0 bridgehead atoms. The number of aliphatic imine (C=N–C) groups is 1. The van der Waals surface area contributed by atoms with E-state index in [2.05, 4.69) is 16.6 Å². The van der Waals surface area contributed by atoms with Gasteiger partial charge in [-0.3, -0.25) is 0 Å². The average molecular weight is 242 g/mol. The lowest BCUT2D eigenvalue weighted by Crippen LogP contribution is -2.28. The van der Waals surface area contributed by atoms with E-state index in [1.54, 1.807) is 6.08 Å². The molecule has 0 unspecified atom stereocenters. The summed E-state index contributed by atoms with van der Waals surface area (Å²) in [4.78, 5) is 8.43. The van der Waals surface area contributed by atoms with Gasteiger partial charge in [0.25, 0.3) is 0 Å². The second-order valence-electron chi connectivity index (χ2n) is 3.45. The average Bonchev–Trinajstić information content (AvgIpc) is 2.39. The van der Waals surface area contributed by atoms with Crippen LogP contribution < -0.4 is 15.3 Å². The number of aromatic nitrogens is 1. The minimum absolute atomic E-state index is 0.468. The fraction of sp³-hybridized carbons (Fsp3) is 0.200. The van der Waals surface area contributed by atoms with Gasteiger partial charge in [-0.25, -0.2) is 9.98 Å². The number of pyridine rings is 1. The fourth-order valence-electron chi connectivity index (χ4n) is 1.44. The molecule has 1 aromatic rings. The molecular weight excluding hydrogens is 224 g/mol. The monoisotopic (exact) mass is 242 g/mol. The largest absolute Gasteiger partial charge is 0.421 e. The van der Waals surface area contributed by atoms with Crippen molar-refractivity contribution >= 4 is 18.0 Å². The minimum atomic E-state index is 0.468. The molecule has 0 atom stereocenters. The van der Waals surface area contributed by atoms with Crippen molar-refractivity contribution in [3.63, 3.8) is 0 Å². The van der Waals surface area contributed by atoms with Crippen LogP contribution in [0.15, 0.2) is 42.1 Å². The van der Waals surface area contributed by atoms with Crippen LogP contribution in [0.1, 0.15) is 20.8 Å². The zero-order chi connectivity index (χ0) is 13.4. The topological polar surface area (TPSA) is 34.5 Å². The molecular formula is C15H18N2O. The van der Waals surface area contributed by atoms with Gasteiger partial charge in [-0.05, 0) is 38.1 Å². The maximum Gasteiger partial charge on any atom is 0.221 e. The molecule has 1 rings (SSSR count). The number of nitrogens with zero attached hydrogens (tertiary/aromatic N) is 2. The van der Waals surface area contributed by atoms with E-state index in [4.69, 9.17) is 4.74 Å². The molecule has 0 aliphatic heterocycles. The van der Waals surface area contributed by atoms with E-state index in [-0.39, 0.29) is 0 Å². The predicted molar refractivity (Wildman–Crippen MR) is 76.8 cm³/mol. The smallest absolute Gasteiger partial charge is 0.221 e. The van der Waals surface area contributed by atoms with E-state index in [1.807, 2.05) is 51.1 Å². The van der Waals surface area contributed by atoms with Gasteiger partial charge in [0.15, 0.2) is 0 Å². The second kappa shape index (κ2) is 7.22. The molecule has 0 aromatic carbocycles. The lowest BCUT2D eigenvalue weighted by molar-refractivity contribution is 0.529. The Morgan fingerprint density at radius 1 is 1.28 bits per heavy atom. The molecule has 0 amide bonds. The standard InChI is InChI=1S/C15H18N2O/c1-5-9-14(16-8-4)18-15-11-10-12(6-2)13(7-3)17-15/h5-11H,4H2,1-3H3/b9-5-,12-6-,13-7+,16-14+. The summed E-state index contributed by atoms with van der Waals surface area (Å²) in [6.07, 6.45) is 9.01. The van der Waals surface area contributed by atoms with Gasteiger partial charge >= 0.3 is 0 Å². The molecule has 1 heterocycles. The Hall–Kier alpha value is -2.16. The van der Waals surface area contributed by atoms with Crippen LogP contribution in [0.3, 0.4) is 0 Å². The van der Waals surface area contributed by atoms with Crippen LogP contribution in [-0.4, -0.2) is 10.9 Å². The van der Waals surface area contributed by atoms with E-state index in [0.29, 0.717) is 11.8 Å². The summed E-state index contributed by atoms with van der Waals surface area (Å²) < 4.78 is 5.58. The highest BCUT2D eigenvalue weighted by Crippen LogP contribution is 2.01. The zero-order valence-corrected chi connectivity index (χ0v) is 11.1. The van der Waals surface area contributed by atoms with E-state index in [0.717, 1.165) is 10.6 Å². The lowest BCUT2D eigenvalue weighted by Gasteiger charge is -2.03. The van der Waals surface area contributed by atoms with Crippen LogP contribution in [-0.2, 0) is 0 Å². The Morgan fingerprint density at radius 2 is 2.06 bits per heavy atom. The van der Waals surface area contributed by atoms with Crippen molar-refractivity contribution in [2.24, 2.45) is 4.99 Å². The van der Waals surface area contributed by atoms with Gasteiger partial charge in [0.1, 0.15) is 0 Å². The predicted octanol–water partition coefficient (Wildman–Crippen LogP) is 2.18. The molecule has 0 N–H and O–H groups in total. The van der Waals surface area contributed by atoms with Crippen molar-refractivity contribution in [1.29, 1.82) is 0 Å². The van der Waals surface area contributed by atoms with Crippen LogP contribution in [0.25, 0.3) is 12.2 Å². The Labute approximate surface area is 108 Å². The maximum atomic E-state index is 5.58. The van der Waals surface area contributed by atoms with E-state index < -0.39 is 0 Å². The van der Waals surface area contributed by atoms with Gasteiger partial charge in [0.05, 0.1) is 5.35 Å². The molecule has 0 fully saturated rings. The third kappa shape index (κ3) is 3.70. The summed E-state index contributed by atoms with van der Waals surface area (Å²) >= 11 is 0. The Balaban J connectivity index is 3.13. The van der Waals surface area contributed by atoms with Crippen molar-refractivity contribution in [3.05, 3.63) is 47.6 Å². The summed E-state index contributed by atoms with van der Waals surface area (Å²) in [6, 6.07) is 3.79. The molecule has 18 heavy (non-hydrogen) atoms. The number of ether oxygens (including phenoxy) is 1. The molecule has 0 saturated carbocycles. The first-order valence-electron chi connectivity index (χ1n) is 5.84. The number of rotatable bonds is 3. The summed E-state index contributed by atoms with van der Waals surface area (Å²) in [7, 11) is 0. The van der Waals surface area contributed by atoms with E-state index in [9.17, 15) is 0 Å². The number of hydrogen-bond acceptors (Lipinski definition) is 3. The molecule has 3 heteroatoms. The van der Waals surface area contributed by atoms with Crippen molar-refractivity contribution in [3.8, 4) is 5.88 Å². The maximum absolute atomic E-state index is 5.58.